The zero-order valence-corrected chi connectivity index (χ0v) is 21.0. The van der Waals surface area contributed by atoms with Crippen molar-refractivity contribution in [3.05, 3.63) is 75.6 Å². The van der Waals surface area contributed by atoms with Crippen LogP contribution in [0.2, 0.25) is 0 Å². The van der Waals surface area contributed by atoms with Gasteiger partial charge in [-0.25, -0.2) is 13.4 Å². The lowest BCUT2D eigenvalue weighted by Crippen LogP contribution is -2.17. The van der Waals surface area contributed by atoms with Gasteiger partial charge in [-0.05, 0) is 60.8 Å². The molecule has 0 aliphatic heterocycles. The number of benzene rings is 2. The first-order valence-corrected chi connectivity index (χ1v) is 13.0. The van der Waals surface area contributed by atoms with Crippen LogP contribution < -0.4 is 14.8 Å². The molecule has 3 N–H and O–H groups in total. The highest BCUT2D eigenvalue weighted by Crippen LogP contribution is 2.30. The summed E-state index contributed by atoms with van der Waals surface area (Å²) in [4.78, 5) is 21.5. The van der Waals surface area contributed by atoms with Gasteiger partial charge in [0.15, 0.2) is 0 Å². The molecule has 11 nitrogen and oxygen atoms in total. The van der Waals surface area contributed by atoms with Gasteiger partial charge in [-0.1, -0.05) is 33.9 Å². The van der Waals surface area contributed by atoms with Crippen LogP contribution in [0.15, 0.2) is 69.5 Å². The molecule has 1 aromatic heterocycles. The molecule has 0 bridgehead atoms. The average Bonchev–Trinajstić information content (AvgIpc) is 3.38. The predicted molar refractivity (Wildman–Crippen MR) is 136 cm³/mol. The SMILES string of the molecule is [N-]=[N+]=NCCCCCCOc1ccc(NC(=O)c2cnc[nH]2)cc1S(=O)(=O)Nc1ccc(Br)cc1. The fourth-order valence-corrected chi connectivity index (χ4v) is 4.58. The first kappa shape index (κ1) is 26.1. The summed E-state index contributed by atoms with van der Waals surface area (Å²) >= 11 is 3.32. The van der Waals surface area contributed by atoms with Crippen molar-refractivity contribution >= 4 is 43.2 Å². The monoisotopic (exact) mass is 561 g/mol. The van der Waals surface area contributed by atoms with Gasteiger partial charge in [0.1, 0.15) is 16.3 Å². The maximum atomic E-state index is 13.2. The van der Waals surface area contributed by atoms with Gasteiger partial charge in [-0.15, -0.1) is 0 Å². The third-order valence-electron chi connectivity index (χ3n) is 4.80. The minimum atomic E-state index is -4.03. The number of azide groups is 1. The zero-order valence-electron chi connectivity index (χ0n) is 18.6. The summed E-state index contributed by atoms with van der Waals surface area (Å²) in [6, 6.07) is 11.1. The second-order valence-electron chi connectivity index (χ2n) is 7.41. The lowest BCUT2D eigenvalue weighted by Gasteiger charge is -2.15. The van der Waals surface area contributed by atoms with Gasteiger partial charge >= 0.3 is 0 Å². The van der Waals surface area contributed by atoms with E-state index < -0.39 is 15.9 Å². The number of anilines is 2. The largest absolute Gasteiger partial charge is 0.492 e. The van der Waals surface area contributed by atoms with Crippen molar-refractivity contribution in [1.82, 2.24) is 9.97 Å². The quantitative estimate of drug-likeness (QED) is 0.109. The van der Waals surface area contributed by atoms with Crippen molar-refractivity contribution < 1.29 is 17.9 Å². The van der Waals surface area contributed by atoms with E-state index in [1.165, 1.54) is 24.7 Å². The number of hydrogen-bond acceptors (Lipinski definition) is 6. The molecular formula is C22H24BrN7O4S. The van der Waals surface area contributed by atoms with Crippen molar-refractivity contribution in [1.29, 1.82) is 0 Å². The molecular weight excluding hydrogens is 538 g/mol. The Morgan fingerprint density at radius 2 is 1.86 bits per heavy atom. The maximum absolute atomic E-state index is 13.2. The van der Waals surface area contributed by atoms with E-state index in [4.69, 9.17) is 10.3 Å². The van der Waals surface area contributed by atoms with Crippen molar-refractivity contribution in [2.24, 2.45) is 5.11 Å². The van der Waals surface area contributed by atoms with Crippen LogP contribution in [0.5, 0.6) is 5.75 Å². The molecule has 0 spiro atoms. The predicted octanol–water partition coefficient (Wildman–Crippen LogP) is 5.47. The van der Waals surface area contributed by atoms with E-state index in [0.717, 1.165) is 23.7 Å². The number of carbonyl (C=O) groups excluding carboxylic acids is 1. The van der Waals surface area contributed by atoms with E-state index in [9.17, 15) is 13.2 Å². The molecule has 3 aromatic rings. The number of H-pyrrole nitrogens is 1. The summed E-state index contributed by atoms with van der Waals surface area (Å²) in [5.41, 5.74) is 9.20. The standard InChI is InChI=1S/C22H24BrN7O4S/c23-16-5-7-17(8-6-16)29-35(32,33)21-13-18(28-22(31)19-14-25-15-26-19)9-10-20(21)34-12-4-2-1-3-11-27-30-24/h5-10,13-15,29H,1-4,11-12H2,(H,25,26)(H,28,31). The highest BCUT2D eigenvalue weighted by Gasteiger charge is 2.22. The van der Waals surface area contributed by atoms with Gasteiger partial charge in [0.05, 0.1) is 19.1 Å². The van der Waals surface area contributed by atoms with Gasteiger partial charge in [0.2, 0.25) is 0 Å². The third kappa shape index (κ3) is 8.02. The molecule has 0 fully saturated rings. The van der Waals surface area contributed by atoms with E-state index in [1.54, 1.807) is 30.3 Å². The Kier molecular flexibility index (Phi) is 9.53. The summed E-state index contributed by atoms with van der Waals surface area (Å²) < 4.78 is 35.6. The summed E-state index contributed by atoms with van der Waals surface area (Å²) in [6.07, 6.45) is 5.95. The van der Waals surface area contributed by atoms with Crippen molar-refractivity contribution in [2.75, 3.05) is 23.2 Å². The molecule has 0 saturated carbocycles. The van der Waals surface area contributed by atoms with Gasteiger partial charge in [-0.2, -0.15) is 0 Å². The number of ether oxygens (including phenoxy) is 1. The van der Waals surface area contributed by atoms with E-state index in [1.807, 2.05) is 0 Å². The molecule has 0 aliphatic carbocycles. The molecule has 13 heteroatoms. The summed E-state index contributed by atoms with van der Waals surface area (Å²) in [5.74, 6) is -0.288. The van der Waals surface area contributed by atoms with Crippen molar-refractivity contribution in [2.45, 2.75) is 30.6 Å². The second kappa shape index (κ2) is 12.8. The first-order chi connectivity index (χ1) is 16.9. The van der Waals surface area contributed by atoms with Gasteiger partial charge in [0.25, 0.3) is 15.9 Å². The number of unbranched alkanes of at least 4 members (excludes halogenated alkanes) is 3. The number of carbonyl (C=O) groups is 1. The van der Waals surface area contributed by atoms with E-state index in [-0.39, 0.29) is 22.0 Å². The molecule has 184 valence electrons. The Bertz CT molecular complexity index is 1280. The Morgan fingerprint density at radius 3 is 2.57 bits per heavy atom. The number of aromatic amines is 1. The first-order valence-electron chi connectivity index (χ1n) is 10.7. The molecule has 0 aliphatic rings. The molecule has 0 radical (unpaired) electrons. The van der Waals surface area contributed by atoms with Gasteiger partial charge in [0, 0.05) is 27.3 Å². The normalized spacial score (nSPS) is 10.9. The Hall–Kier alpha value is -3.54. The fraction of sp³-hybridized carbons (Fsp3) is 0.273. The number of halogens is 1. The number of nitrogens with one attached hydrogen (secondary N) is 3. The van der Waals surface area contributed by atoms with Crippen LogP contribution in [0.25, 0.3) is 10.4 Å². The number of hydrogen-bond donors (Lipinski definition) is 3. The lowest BCUT2D eigenvalue weighted by atomic mass is 10.2. The molecule has 1 amide bonds. The molecule has 0 saturated heterocycles. The van der Waals surface area contributed by atoms with Crippen LogP contribution in [0, 0.1) is 0 Å². The summed E-state index contributed by atoms with van der Waals surface area (Å²) in [7, 11) is -4.03. The molecule has 2 aromatic carbocycles. The van der Waals surface area contributed by atoms with Gasteiger partial charge < -0.3 is 15.0 Å². The van der Waals surface area contributed by atoms with Crippen molar-refractivity contribution in [3.8, 4) is 5.75 Å². The van der Waals surface area contributed by atoms with E-state index >= 15 is 0 Å². The van der Waals surface area contributed by atoms with Crippen LogP contribution in [0.4, 0.5) is 11.4 Å². The third-order valence-corrected chi connectivity index (χ3v) is 6.73. The van der Waals surface area contributed by atoms with Crippen LogP contribution in [-0.2, 0) is 10.0 Å². The minimum Gasteiger partial charge on any atom is -0.492 e. The maximum Gasteiger partial charge on any atom is 0.273 e. The molecule has 3 rings (SSSR count). The Morgan fingerprint density at radius 1 is 1.11 bits per heavy atom. The summed E-state index contributed by atoms with van der Waals surface area (Å²) in [6.45, 7) is 0.759. The number of rotatable bonds is 13. The van der Waals surface area contributed by atoms with Crippen LogP contribution in [-0.4, -0.2) is 37.4 Å². The Balaban J connectivity index is 1.75. The summed E-state index contributed by atoms with van der Waals surface area (Å²) in [5, 5.41) is 6.16. The van der Waals surface area contributed by atoms with Crippen LogP contribution in [0.3, 0.4) is 0 Å². The number of imidazole rings is 1. The molecule has 0 unspecified atom stereocenters. The second-order valence-corrected chi connectivity index (χ2v) is 9.98. The lowest BCUT2D eigenvalue weighted by molar-refractivity contribution is 0.102. The van der Waals surface area contributed by atoms with E-state index in [2.05, 4.69) is 46.0 Å². The highest BCUT2D eigenvalue weighted by atomic mass is 79.9. The molecule has 1 heterocycles. The van der Waals surface area contributed by atoms with Crippen LogP contribution >= 0.6 is 15.9 Å². The van der Waals surface area contributed by atoms with Crippen LogP contribution in [0.1, 0.15) is 36.2 Å². The highest BCUT2D eigenvalue weighted by molar-refractivity contribution is 9.10. The fourth-order valence-electron chi connectivity index (χ4n) is 3.09. The minimum absolute atomic E-state index is 0.105. The molecule has 0 atom stereocenters. The van der Waals surface area contributed by atoms with E-state index in [0.29, 0.717) is 25.3 Å². The number of amides is 1. The zero-order chi connectivity index (χ0) is 25.1. The molecule has 35 heavy (non-hydrogen) atoms. The average molecular weight is 562 g/mol. The van der Waals surface area contributed by atoms with Crippen molar-refractivity contribution in [3.63, 3.8) is 0 Å². The Labute approximate surface area is 211 Å². The smallest absolute Gasteiger partial charge is 0.273 e. The van der Waals surface area contributed by atoms with Gasteiger partial charge in [-0.3, -0.25) is 9.52 Å². The topological polar surface area (TPSA) is 162 Å². The number of aromatic nitrogens is 2. The number of sulfonamides is 1. The number of nitrogens with zero attached hydrogens (tertiary/aromatic N) is 4.